The van der Waals surface area contributed by atoms with Gasteiger partial charge in [-0.2, -0.15) is 4.72 Å². The Bertz CT molecular complexity index is 828. The van der Waals surface area contributed by atoms with E-state index < -0.39 is 27.8 Å². The summed E-state index contributed by atoms with van der Waals surface area (Å²) in [6.45, 7) is 5.26. The van der Waals surface area contributed by atoms with Gasteiger partial charge in [0, 0.05) is 5.69 Å². The summed E-state index contributed by atoms with van der Waals surface area (Å²) in [7, 11) is -3.91. The smallest absolute Gasteiger partial charge is 0.242 e. The highest BCUT2D eigenvalue weighted by atomic mass is 32.2. The number of nitrogens with one attached hydrogen (secondary N) is 2. The van der Waals surface area contributed by atoms with E-state index in [-0.39, 0.29) is 4.90 Å². The molecule has 5 nitrogen and oxygen atoms in total. The van der Waals surface area contributed by atoms with Gasteiger partial charge in [0.1, 0.15) is 5.82 Å². The lowest BCUT2D eigenvalue weighted by Gasteiger charge is -2.15. The molecule has 24 heavy (non-hydrogen) atoms. The molecular formula is C17H19FN2O3S. The normalized spacial score (nSPS) is 12.7. The minimum atomic E-state index is -3.91. The van der Waals surface area contributed by atoms with Crippen LogP contribution < -0.4 is 10.0 Å². The fraction of sp³-hybridized carbons (Fsp3) is 0.235. The van der Waals surface area contributed by atoms with Crippen molar-refractivity contribution >= 4 is 21.6 Å². The lowest BCUT2D eigenvalue weighted by atomic mass is 10.1. The molecule has 1 atom stereocenters. The number of hydrogen-bond acceptors (Lipinski definition) is 3. The van der Waals surface area contributed by atoms with E-state index in [1.54, 1.807) is 12.1 Å². The molecule has 0 spiro atoms. The zero-order valence-corrected chi connectivity index (χ0v) is 14.4. The number of anilines is 1. The molecule has 7 heteroatoms. The molecule has 128 valence electrons. The second-order valence-electron chi connectivity index (χ2n) is 5.66. The van der Waals surface area contributed by atoms with E-state index in [0.29, 0.717) is 5.69 Å². The fourth-order valence-electron chi connectivity index (χ4n) is 2.27. The summed E-state index contributed by atoms with van der Waals surface area (Å²) in [6.07, 6.45) is 0. The molecule has 0 aliphatic carbocycles. The molecule has 2 aromatic carbocycles. The maximum Gasteiger partial charge on any atom is 0.242 e. The highest BCUT2D eigenvalue weighted by Gasteiger charge is 2.22. The molecule has 2 aromatic rings. The van der Waals surface area contributed by atoms with Gasteiger partial charge in [-0.15, -0.1) is 0 Å². The molecule has 0 fully saturated rings. The van der Waals surface area contributed by atoms with Crippen molar-refractivity contribution in [3.05, 3.63) is 59.4 Å². The first-order valence-corrected chi connectivity index (χ1v) is 8.83. The molecule has 0 saturated heterocycles. The molecule has 0 saturated carbocycles. The van der Waals surface area contributed by atoms with Crippen LogP contribution in [0.3, 0.4) is 0 Å². The van der Waals surface area contributed by atoms with Crippen LogP contribution in [0, 0.1) is 19.7 Å². The lowest BCUT2D eigenvalue weighted by molar-refractivity contribution is -0.117. The summed E-state index contributed by atoms with van der Waals surface area (Å²) in [5.41, 5.74) is 2.58. The number of rotatable bonds is 5. The Morgan fingerprint density at radius 3 is 2.12 bits per heavy atom. The van der Waals surface area contributed by atoms with Crippen LogP contribution >= 0.6 is 0 Å². The summed E-state index contributed by atoms with van der Waals surface area (Å²) in [5, 5.41) is 2.68. The summed E-state index contributed by atoms with van der Waals surface area (Å²) < 4.78 is 39.6. The number of halogens is 1. The summed E-state index contributed by atoms with van der Waals surface area (Å²) in [6, 6.07) is 8.97. The number of carbonyl (C=O) groups is 1. The van der Waals surface area contributed by atoms with Gasteiger partial charge in [0.2, 0.25) is 15.9 Å². The maximum atomic E-state index is 12.9. The molecule has 0 bridgehead atoms. The molecule has 2 N–H and O–H groups in total. The molecule has 0 radical (unpaired) electrons. The van der Waals surface area contributed by atoms with Gasteiger partial charge in [0.05, 0.1) is 10.9 Å². The average Bonchev–Trinajstić information content (AvgIpc) is 2.46. The Kier molecular flexibility index (Phi) is 5.36. The number of benzene rings is 2. The number of carbonyl (C=O) groups excluding carboxylic acids is 1. The minimum Gasteiger partial charge on any atom is -0.325 e. The first kappa shape index (κ1) is 18.1. The van der Waals surface area contributed by atoms with Crippen LogP contribution in [0.15, 0.2) is 47.4 Å². The van der Waals surface area contributed by atoms with Crippen molar-refractivity contribution in [2.24, 2.45) is 0 Å². The average molecular weight is 350 g/mol. The van der Waals surface area contributed by atoms with E-state index in [2.05, 4.69) is 10.0 Å². The number of aryl methyl sites for hydroxylation is 2. The van der Waals surface area contributed by atoms with Crippen LogP contribution in [0.5, 0.6) is 0 Å². The molecular weight excluding hydrogens is 331 g/mol. The van der Waals surface area contributed by atoms with Crippen molar-refractivity contribution in [2.45, 2.75) is 31.7 Å². The summed E-state index contributed by atoms with van der Waals surface area (Å²) in [4.78, 5) is 12.1. The number of hydrogen-bond donors (Lipinski definition) is 2. The second-order valence-corrected chi connectivity index (χ2v) is 7.38. The Hall–Kier alpha value is -2.25. The topological polar surface area (TPSA) is 75.3 Å². The van der Waals surface area contributed by atoms with E-state index in [1.807, 2.05) is 19.9 Å². The first-order valence-electron chi connectivity index (χ1n) is 7.34. The Morgan fingerprint density at radius 1 is 1.04 bits per heavy atom. The van der Waals surface area contributed by atoms with Gasteiger partial charge in [-0.1, -0.05) is 6.07 Å². The Morgan fingerprint density at radius 2 is 1.58 bits per heavy atom. The van der Waals surface area contributed by atoms with Gasteiger partial charge in [-0.3, -0.25) is 4.79 Å². The van der Waals surface area contributed by atoms with Gasteiger partial charge in [-0.25, -0.2) is 12.8 Å². The molecule has 0 aliphatic heterocycles. The number of sulfonamides is 1. The van der Waals surface area contributed by atoms with Gasteiger partial charge in [0.15, 0.2) is 0 Å². The van der Waals surface area contributed by atoms with Crippen molar-refractivity contribution in [1.29, 1.82) is 0 Å². The quantitative estimate of drug-likeness (QED) is 0.871. The zero-order chi connectivity index (χ0) is 17.9. The fourth-order valence-corrected chi connectivity index (χ4v) is 3.47. The highest BCUT2D eigenvalue weighted by Crippen LogP contribution is 2.15. The highest BCUT2D eigenvalue weighted by molar-refractivity contribution is 7.89. The van der Waals surface area contributed by atoms with Gasteiger partial charge >= 0.3 is 0 Å². The van der Waals surface area contributed by atoms with Crippen LogP contribution in [-0.4, -0.2) is 20.4 Å². The largest absolute Gasteiger partial charge is 0.325 e. The first-order chi connectivity index (χ1) is 11.2. The molecule has 0 aliphatic rings. The summed E-state index contributed by atoms with van der Waals surface area (Å²) in [5.74, 6) is -1.01. The Labute approximate surface area is 141 Å². The van der Waals surface area contributed by atoms with Crippen molar-refractivity contribution in [3.63, 3.8) is 0 Å². The van der Waals surface area contributed by atoms with Gasteiger partial charge < -0.3 is 5.32 Å². The monoisotopic (exact) mass is 350 g/mol. The number of amides is 1. The van der Waals surface area contributed by atoms with Crippen LogP contribution in [0.4, 0.5) is 10.1 Å². The van der Waals surface area contributed by atoms with E-state index in [4.69, 9.17) is 0 Å². The third-order valence-corrected chi connectivity index (χ3v) is 4.89. The minimum absolute atomic E-state index is 0.102. The standard InChI is InChI=1S/C17H19FN2O3S/c1-11-8-12(2)10-15(9-11)19-17(21)13(3)20-24(22,23)16-6-4-14(18)5-7-16/h4-10,13,20H,1-3H3,(H,19,21)/t13-/m1/s1. The Balaban J connectivity index is 2.09. The lowest BCUT2D eigenvalue weighted by Crippen LogP contribution is -2.41. The molecule has 0 unspecified atom stereocenters. The van der Waals surface area contributed by atoms with E-state index in [9.17, 15) is 17.6 Å². The molecule has 1 amide bonds. The van der Waals surface area contributed by atoms with Crippen LogP contribution in [0.25, 0.3) is 0 Å². The van der Waals surface area contributed by atoms with Crippen molar-refractivity contribution in [2.75, 3.05) is 5.32 Å². The van der Waals surface area contributed by atoms with E-state index >= 15 is 0 Å². The van der Waals surface area contributed by atoms with Crippen LogP contribution in [0.2, 0.25) is 0 Å². The van der Waals surface area contributed by atoms with Crippen molar-refractivity contribution in [3.8, 4) is 0 Å². The van der Waals surface area contributed by atoms with Crippen molar-refractivity contribution < 1.29 is 17.6 Å². The zero-order valence-electron chi connectivity index (χ0n) is 13.6. The SMILES string of the molecule is Cc1cc(C)cc(NC(=O)[C@@H](C)NS(=O)(=O)c2ccc(F)cc2)c1. The molecule has 0 aromatic heterocycles. The van der Waals surface area contributed by atoms with Gasteiger partial charge in [0.25, 0.3) is 0 Å². The van der Waals surface area contributed by atoms with E-state index in [0.717, 1.165) is 35.4 Å². The molecule has 0 heterocycles. The second kappa shape index (κ2) is 7.11. The van der Waals surface area contributed by atoms with Crippen LogP contribution in [0.1, 0.15) is 18.1 Å². The third-order valence-electron chi connectivity index (χ3n) is 3.34. The predicted octanol–water partition coefficient (Wildman–Crippen LogP) is 2.75. The van der Waals surface area contributed by atoms with Crippen LogP contribution in [-0.2, 0) is 14.8 Å². The van der Waals surface area contributed by atoms with E-state index in [1.165, 1.54) is 6.92 Å². The van der Waals surface area contributed by atoms with Crippen molar-refractivity contribution in [1.82, 2.24) is 4.72 Å². The summed E-state index contributed by atoms with van der Waals surface area (Å²) >= 11 is 0. The van der Waals surface area contributed by atoms with Gasteiger partial charge in [-0.05, 0) is 68.3 Å². The molecule has 2 rings (SSSR count). The predicted molar refractivity (Wildman–Crippen MR) is 90.7 cm³/mol. The third kappa shape index (κ3) is 4.62. The maximum absolute atomic E-state index is 12.9.